The lowest BCUT2D eigenvalue weighted by Crippen LogP contribution is -2.39. The number of ether oxygens (including phenoxy) is 4. The second-order valence-corrected chi connectivity index (χ2v) is 9.45. The lowest BCUT2D eigenvalue weighted by atomic mass is 10.2. The molecular weight excluding hydrogens is 514 g/mol. The van der Waals surface area contributed by atoms with Crippen LogP contribution in [0.25, 0.3) is 0 Å². The minimum Gasteiger partial charge on any atom is -0.493 e. The van der Waals surface area contributed by atoms with E-state index in [9.17, 15) is 18.0 Å². The maximum absolute atomic E-state index is 13.5. The molecular formula is C26H27N3O8S. The topological polar surface area (TPSA) is 133 Å². The van der Waals surface area contributed by atoms with Crippen LogP contribution in [0.2, 0.25) is 0 Å². The Labute approximate surface area is 220 Å². The molecule has 12 heteroatoms. The molecule has 1 N–H and O–H groups in total. The fraction of sp³-hybridized carbons (Fsp3) is 0.192. The highest BCUT2D eigenvalue weighted by Gasteiger charge is 2.28. The summed E-state index contributed by atoms with van der Waals surface area (Å²) in [5.74, 6) is -0.0172. The normalized spacial score (nSPS) is 11.0. The van der Waals surface area contributed by atoms with Crippen molar-refractivity contribution in [2.75, 3.05) is 38.8 Å². The zero-order valence-corrected chi connectivity index (χ0v) is 21.8. The molecule has 0 saturated heterocycles. The van der Waals surface area contributed by atoms with Crippen molar-refractivity contribution >= 4 is 33.8 Å². The van der Waals surface area contributed by atoms with Crippen molar-refractivity contribution in [1.29, 1.82) is 0 Å². The molecule has 0 aromatic heterocycles. The van der Waals surface area contributed by atoms with Gasteiger partial charge in [-0.2, -0.15) is 5.10 Å². The third-order valence-corrected chi connectivity index (χ3v) is 6.93. The zero-order chi connectivity index (χ0) is 27.5. The van der Waals surface area contributed by atoms with E-state index in [1.807, 2.05) is 0 Å². The number of nitrogens with zero attached hydrogens (tertiary/aromatic N) is 2. The summed E-state index contributed by atoms with van der Waals surface area (Å²) in [7, 11) is 0.0458. The Morgan fingerprint density at radius 2 is 1.61 bits per heavy atom. The molecule has 38 heavy (non-hydrogen) atoms. The minimum absolute atomic E-state index is 0.0144. The second kappa shape index (κ2) is 13.1. The van der Waals surface area contributed by atoms with E-state index in [1.165, 1.54) is 51.8 Å². The summed E-state index contributed by atoms with van der Waals surface area (Å²) in [6.45, 7) is -0.771. The van der Waals surface area contributed by atoms with E-state index < -0.39 is 28.4 Å². The van der Waals surface area contributed by atoms with Crippen molar-refractivity contribution in [3.63, 3.8) is 0 Å². The Morgan fingerprint density at radius 3 is 2.24 bits per heavy atom. The van der Waals surface area contributed by atoms with Gasteiger partial charge in [0.05, 0.1) is 38.1 Å². The van der Waals surface area contributed by atoms with Gasteiger partial charge >= 0.3 is 5.97 Å². The Hall–Kier alpha value is -4.58. The van der Waals surface area contributed by atoms with Crippen LogP contribution < -0.4 is 23.9 Å². The summed E-state index contributed by atoms with van der Waals surface area (Å²) in [6.07, 6.45) is 1.38. The van der Waals surface area contributed by atoms with Gasteiger partial charge in [0, 0.05) is 6.07 Å². The van der Waals surface area contributed by atoms with Crippen LogP contribution in [0.5, 0.6) is 17.2 Å². The molecule has 0 aliphatic heterocycles. The molecule has 0 saturated carbocycles. The first-order valence-corrected chi connectivity index (χ1v) is 12.6. The number of sulfonamides is 1. The van der Waals surface area contributed by atoms with Crippen LogP contribution in [0.4, 0.5) is 5.69 Å². The zero-order valence-electron chi connectivity index (χ0n) is 21.0. The Morgan fingerprint density at radius 1 is 0.921 bits per heavy atom. The summed E-state index contributed by atoms with van der Waals surface area (Å²) in [5.41, 5.74) is 3.18. The molecule has 0 aliphatic rings. The molecule has 0 radical (unpaired) electrons. The number of carbonyl (C=O) groups is 2. The van der Waals surface area contributed by atoms with E-state index in [0.717, 1.165) is 4.31 Å². The lowest BCUT2D eigenvalue weighted by molar-refractivity contribution is -0.142. The standard InChI is InChI=1S/C26H27N3O8S/c1-34-23-14-11-20(15-24(23)35-2)29(38(32,33)22-7-5-4-6-8-22)17-25(30)28-27-16-19-9-12-21(13-10-19)37-18-26(31)36-3/h4-16H,17-18H2,1-3H3,(H,28,30)/b27-16-. The molecule has 3 aromatic rings. The number of esters is 1. The number of anilines is 1. The lowest BCUT2D eigenvalue weighted by Gasteiger charge is -2.24. The van der Waals surface area contributed by atoms with E-state index in [0.29, 0.717) is 22.8 Å². The van der Waals surface area contributed by atoms with Crippen LogP contribution in [0.15, 0.2) is 82.8 Å². The number of nitrogens with one attached hydrogen (secondary N) is 1. The molecule has 11 nitrogen and oxygen atoms in total. The van der Waals surface area contributed by atoms with Gasteiger partial charge in [0.2, 0.25) is 0 Å². The molecule has 200 valence electrons. The first-order chi connectivity index (χ1) is 18.3. The summed E-state index contributed by atoms with van der Waals surface area (Å²) in [4.78, 5) is 23.9. The molecule has 1 amide bonds. The van der Waals surface area contributed by atoms with Crippen molar-refractivity contribution in [1.82, 2.24) is 5.43 Å². The molecule has 0 unspecified atom stereocenters. The van der Waals surface area contributed by atoms with Gasteiger partial charge in [-0.3, -0.25) is 9.10 Å². The van der Waals surface area contributed by atoms with Gasteiger partial charge in [0.1, 0.15) is 12.3 Å². The molecule has 0 spiro atoms. The molecule has 0 aliphatic carbocycles. The summed E-state index contributed by atoms with van der Waals surface area (Å²) in [5, 5.41) is 3.92. The van der Waals surface area contributed by atoms with Gasteiger partial charge in [0.15, 0.2) is 18.1 Å². The molecule has 3 aromatic carbocycles. The van der Waals surface area contributed by atoms with Crippen LogP contribution in [0, 0.1) is 0 Å². The van der Waals surface area contributed by atoms with Gasteiger partial charge < -0.3 is 18.9 Å². The number of carbonyl (C=O) groups excluding carboxylic acids is 2. The predicted octanol–water partition coefficient (Wildman–Crippen LogP) is 2.60. The third-order valence-electron chi connectivity index (χ3n) is 5.14. The van der Waals surface area contributed by atoms with Crippen molar-refractivity contribution in [2.45, 2.75) is 4.90 Å². The highest BCUT2D eigenvalue weighted by molar-refractivity contribution is 7.92. The molecule has 0 atom stereocenters. The summed E-state index contributed by atoms with van der Waals surface area (Å²) < 4.78 is 48.2. The maximum atomic E-state index is 13.5. The van der Waals surface area contributed by atoms with Crippen LogP contribution in [0.1, 0.15) is 5.56 Å². The number of amides is 1. The fourth-order valence-corrected chi connectivity index (χ4v) is 4.64. The highest BCUT2D eigenvalue weighted by atomic mass is 32.2. The van der Waals surface area contributed by atoms with E-state index in [-0.39, 0.29) is 17.2 Å². The number of rotatable bonds is 12. The molecule has 0 bridgehead atoms. The smallest absolute Gasteiger partial charge is 0.343 e. The first-order valence-electron chi connectivity index (χ1n) is 11.2. The number of hydrogen-bond acceptors (Lipinski definition) is 9. The predicted molar refractivity (Wildman–Crippen MR) is 140 cm³/mol. The third kappa shape index (κ3) is 7.23. The largest absolute Gasteiger partial charge is 0.493 e. The number of hydrazone groups is 1. The summed E-state index contributed by atoms with van der Waals surface area (Å²) in [6, 6.07) is 18.9. The SMILES string of the molecule is COC(=O)COc1ccc(/C=N\NC(=O)CN(c2ccc(OC)c(OC)c2)S(=O)(=O)c2ccccc2)cc1. The Balaban J connectivity index is 1.76. The van der Waals surface area contributed by atoms with Crippen LogP contribution in [-0.2, 0) is 24.3 Å². The van der Waals surface area contributed by atoms with Crippen LogP contribution in [0.3, 0.4) is 0 Å². The van der Waals surface area contributed by atoms with Gasteiger partial charge in [-0.25, -0.2) is 18.6 Å². The Kier molecular flexibility index (Phi) is 9.66. The highest BCUT2D eigenvalue weighted by Crippen LogP contribution is 2.33. The van der Waals surface area contributed by atoms with Gasteiger partial charge in [-0.1, -0.05) is 18.2 Å². The van der Waals surface area contributed by atoms with Crippen molar-refractivity contribution in [3.8, 4) is 17.2 Å². The average Bonchev–Trinajstić information content (AvgIpc) is 2.95. The second-order valence-electron chi connectivity index (χ2n) is 7.59. The minimum atomic E-state index is -4.11. The van der Waals surface area contributed by atoms with E-state index in [1.54, 1.807) is 48.5 Å². The van der Waals surface area contributed by atoms with E-state index in [4.69, 9.17) is 14.2 Å². The quantitative estimate of drug-likeness (QED) is 0.210. The van der Waals surface area contributed by atoms with Gasteiger partial charge in [0.25, 0.3) is 15.9 Å². The van der Waals surface area contributed by atoms with Gasteiger partial charge in [-0.05, 0) is 54.1 Å². The van der Waals surface area contributed by atoms with Crippen LogP contribution in [-0.4, -0.2) is 61.0 Å². The van der Waals surface area contributed by atoms with Crippen LogP contribution >= 0.6 is 0 Å². The Bertz CT molecular complexity index is 1380. The van der Waals surface area contributed by atoms with Gasteiger partial charge in [-0.15, -0.1) is 0 Å². The van der Waals surface area contributed by atoms with Crippen molar-refractivity contribution in [2.24, 2.45) is 5.10 Å². The van der Waals surface area contributed by atoms with Crippen molar-refractivity contribution < 1.29 is 37.0 Å². The number of hydrogen-bond donors (Lipinski definition) is 1. The van der Waals surface area contributed by atoms with E-state index in [2.05, 4.69) is 15.3 Å². The van der Waals surface area contributed by atoms with E-state index >= 15 is 0 Å². The number of benzene rings is 3. The first kappa shape index (κ1) is 28.0. The molecule has 3 rings (SSSR count). The van der Waals surface area contributed by atoms with Crippen molar-refractivity contribution in [3.05, 3.63) is 78.4 Å². The monoisotopic (exact) mass is 541 g/mol. The molecule has 0 fully saturated rings. The maximum Gasteiger partial charge on any atom is 0.343 e. The number of methoxy groups -OCH3 is 3. The molecule has 0 heterocycles. The average molecular weight is 542 g/mol. The summed E-state index contributed by atoms with van der Waals surface area (Å²) >= 11 is 0. The fourth-order valence-electron chi connectivity index (χ4n) is 3.21.